The van der Waals surface area contributed by atoms with Crippen LogP contribution in [0.4, 0.5) is 5.13 Å². The minimum atomic E-state index is -0.0548. The second-order valence-corrected chi connectivity index (χ2v) is 7.10. The average Bonchev–Trinajstić information content (AvgIpc) is 2.91. The van der Waals surface area contributed by atoms with Crippen LogP contribution >= 0.6 is 11.3 Å². The molecule has 2 heterocycles. The lowest BCUT2D eigenvalue weighted by Gasteiger charge is -2.38. The minimum Gasteiger partial charge on any atom is -0.396 e. The number of nitrogens with zero attached hydrogens (tertiary/aromatic N) is 2. The number of fused-ring (bicyclic) bond motifs is 1. The van der Waals surface area contributed by atoms with Gasteiger partial charge in [0.1, 0.15) is 0 Å². The predicted molar refractivity (Wildman–Crippen MR) is 87.2 cm³/mol. The zero-order valence-corrected chi connectivity index (χ0v) is 13.4. The zero-order valence-electron chi connectivity index (χ0n) is 12.6. The number of anilines is 1. The fraction of sp³-hybridized carbons (Fsp3) is 0.562. The van der Waals surface area contributed by atoms with Gasteiger partial charge in [0.25, 0.3) is 0 Å². The van der Waals surface area contributed by atoms with Crippen molar-refractivity contribution in [1.82, 2.24) is 4.98 Å². The highest BCUT2D eigenvalue weighted by atomic mass is 32.1. The van der Waals surface area contributed by atoms with E-state index in [9.17, 15) is 5.11 Å². The summed E-state index contributed by atoms with van der Waals surface area (Å²) < 4.78 is 6.66. The van der Waals surface area contributed by atoms with Crippen molar-refractivity contribution in [2.75, 3.05) is 38.3 Å². The summed E-state index contributed by atoms with van der Waals surface area (Å²) >= 11 is 1.72. The number of thiazole rings is 1. The lowest BCUT2D eigenvalue weighted by Crippen LogP contribution is -2.42. The molecule has 3 rings (SSSR count). The van der Waals surface area contributed by atoms with E-state index in [1.807, 2.05) is 0 Å². The van der Waals surface area contributed by atoms with E-state index < -0.39 is 0 Å². The number of aliphatic hydroxyl groups is 1. The molecular weight excluding hydrogens is 284 g/mol. The summed E-state index contributed by atoms with van der Waals surface area (Å²) in [6, 6.07) is 6.36. The Labute approximate surface area is 129 Å². The average molecular weight is 306 g/mol. The Kier molecular flexibility index (Phi) is 4.15. The molecule has 0 radical (unpaired) electrons. The summed E-state index contributed by atoms with van der Waals surface area (Å²) in [6.45, 7) is 4.63. The summed E-state index contributed by atoms with van der Waals surface area (Å²) in [7, 11) is 2.07. The number of aromatic nitrogens is 1. The molecule has 5 heteroatoms. The summed E-state index contributed by atoms with van der Waals surface area (Å²) in [5, 5.41) is 10.8. The van der Waals surface area contributed by atoms with Crippen LogP contribution < -0.4 is 4.90 Å². The van der Waals surface area contributed by atoms with Crippen LogP contribution in [0.15, 0.2) is 18.2 Å². The third-order valence-electron chi connectivity index (χ3n) is 4.32. The Morgan fingerprint density at radius 1 is 1.38 bits per heavy atom. The van der Waals surface area contributed by atoms with Gasteiger partial charge in [-0.3, -0.25) is 0 Å². The molecule has 0 spiro atoms. The highest BCUT2D eigenvalue weighted by Crippen LogP contribution is 2.34. The van der Waals surface area contributed by atoms with Crippen molar-refractivity contribution < 1.29 is 9.84 Å². The standard InChI is InChI=1S/C16H22N2O2S/c1-12-3-4-13-14(9-12)21-15(17-13)18(2)10-16(11-19)5-7-20-8-6-16/h3-4,9,19H,5-8,10-11H2,1-2H3. The summed E-state index contributed by atoms with van der Waals surface area (Å²) in [5.41, 5.74) is 2.26. The Morgan fingerprint density at radius 2 is 2.14 bits per heavy atom. The molecule has 0 saturated carbocycles. The molecule has 1 aromatic carbocycles. The molecule has 0 amide bonds. The molecule has 4 nitrogen and oxygen atoms in total. The van der Waals surface area contributed by atoms with Crippen LogP contribution in [0.3, 0.4) is 0 Å². The SMILES string of the molecule is Cc1ccc2nc(N(C)CC3(CO)CCOCC3)sc2c1. The molecule has 1 aliphatic heterocycles. The van der Waals surface area contributed by atoms with Crippen LogP contribution in [0, 0.1) is 12.3 Å². The maximum absolute atomic E-state index is 9.81. The first-order chi connectivity index (χ1) is 10.1. The van der Waals surface area contributed by atoms with Crippen molar-refractivity contribution in [3.8, 4) is 0 Å². The molecular formula is C16H22N2O2S. The first-order valence-electron chi connectivity index (χ1n) is 7.39. The van der Waals surface area contributed by atoms with E-state index in [1.54, 1.807) is 11.3 Å². The first-order valence-corrected chi connectivity index (χ1v) is 8.20. The number of aryl methyl sites for hydroxylation is 1. The molecule has 1 aromatic heterocycles. The summed E-state index contributed by atoms with van der Waals surface area (Å²) in [4.78, 5) is 6.90. The van der Waals surface area contributed by atoms with E-state index in [0.29, 0.717) is 0 Å². The van der Waals surface area contributed by atoms with E-state index in [1.165, 1.54) is 10.3 Å². The van der Waals surface area contributed by atoms with Crippen molar-refractivity contribution >= 4 is 26.7 Å². The van der Waals surface area contributed by atoms with Crippen LogP contribution in [-0.2, 0) is 4.74 Å². The van der Waals surface area contributed by atoms with Gasteiger partial charge in [0.15, 0.2) is 5.13 Å². The maximum atomic E-state index is 9.81. The number of hydrogen-bond acceptors (Lipinski definition) is 5. The molecule has 0 bridgehead atoms. The van der Waals surface area contributed by atoms with E-state index in [2.05, 4.69) is 37.1 Å². The number of aliphatic hydroxyl groups excluding tert-OH is 1. The Morgan fingerprint density at radius 3 is 2.86 bits per heavy atom. The van der Waals surface area contributed by atoms with Gasteiger partial charge in [-0.2, -0.15) is 0 Å². The molecule has 0 aliphatic carbocycles. The van der Waals surface area contributed by atoms with Gasteiger partial charge in [-0.05, 0) is 37.5 Å². The molecule has 0 atom stereocenters. The van der Waals surface area contributed by atoms with Crippen molar-refractivity contribution in [3.63, 3.8) is 0 Å². The normalized spacial score (nSPS) is 18.0. The topological polar surface area (TPSA) is 45.6 Å². The van der Waals surface area contributed by atoms with Gasteiger partial charge in [0, 0.05) is 32.2 Å². The molecule has 1 aliphatic rings. The number of rotatable bonds is 4. The smallest absolute Gasteiger partial charge is 0.186 e. The first kappa shape index (κ1) is 14.8. The maximum Gasteiger partial charge on any atom is 0.186 e. The predicted octanol–water partition coefficient (Wildman–Crippen LogP) is 2.83. The number of hydrogen-bond donors (Lipinski definition) is 1. The van der Waals surface area contributed by atoms with Crippen LogP contribution in [-0.4, -0.2) is 43.5 Å². The zero-order chi connectivity index (χ0) is 14.9. The van der Waals surface area contributed by atoms with Crippen molar-refractivity contribution in [2.24, 2.45) is 5.41 Å². The quantitative estimate of drug-likeness (QED) is 0.943. The monoisotopic (exact) mass is 306 g/mol. The largest absolute Gasteiger partial charge is 0.396 e. The molecule has 0 unspecified atom stereocenters. The second kappa shape index (κ2) is 5.91. The lowest BCUT2D eigenvalue weighted by molar-refractivity contribution is -0.0113. The third kappa shape index (κ3) is 3.05. The van der Waals surface area contributed by atoms with E-state index in [0.717, 1.165) is 43.2 Å². The van der Waals surface area contributed by atoms with Gasteiger partial charge in [-0.25, -0.2) is 4.98 Å². The van der Waals surface area contributed by atoms with Gasteiger partial charge in [-0.1, -0.05) is 17.4 Å². The van der Waals surface area contributed by atoms with Crippen LogP contribution in [0.1, 0.15) is 18.4 Å². The minimum absolute atomic E-state index is 0.0548. The van der Waals surface area contributed by atoms with Crippen molar-refractivity contribution in [3.05, 3.63) is 23.8 Å². The fourth-order valence-electron chi connectivity index (χ4n) is 2.92. The summed E-state index contributed by atoms with van der Waals surface area (Å²) in [6.07, 6.45) is 1.83. The Balaban J connectivity index is 1.80. The summed E-state index contributed by atoms with van der Waals surface area (Å²) in [5.74, 6) is 0. The van der Waals surface area contributed by atoms with E-state index in [-0.39, 0.29) is 12.0 Å². The van der Waals surface area contributed by atoms with Gasteiger partial charge in [-0.15, -0.1) is 0 Å². The third-order valence-corrected chi connectivity index (χ3v) is 5.45. The van der Waals surface area contributed by atoms with Crippen LogP contribution in [0.5, 0.6) is 0 Å². The van der Waals surface area contributed by atoms with Crippen molar-refractivity contribution in [1.29, 1.82) is 0 Å². The fourth-order valence-corrected chi connectivity index (χ4v) is 3.95. The number of ether oxygens (including phenoxy) is 1. The highest BCUT2D eigenvalue weighted by Gasteiger charge is 2.33. The Hall–Kier alpha value is -1.17. The lowest BCUT2D eigenvalue weighted by atomic mass is 9.80. The van der Waals surface area contributed by atoms with Crippen LogP contribution in [0.25, 0.3) is 10.2 Å². The van der Waals surface area contributed by atoms with E-state index >= 15 is 0 Å². The molecule has 21 heavy (non-hydrogen) atoms. The molecule has 114 valence electrons. The highest BCUT2D eigenvalue weighted by molar-refractivity contribution is 7.22. The second-order valence-electron chi connectivity index (χ2n) is 6.09. The molecule has 1 saturated heterocycles. The van der Waals surface area contributed by atoms with Gasteiger partial charge < -0.3 is 14.7 Å². The van der Waals surface area contributed by atoms with Gasteiger partial charge >= 0.3 is 0 Å². The van der Waals surface area contributed by atoms with Gasteiger partial charge in [0.2, 0.25) is 0 Å². The number of benzene rings is 1. The molecule has 1 N–H and O–H groups in total. The van der Waals surface area contributed by atoms with E-state index in [4.69, 9.17) is 9.72 Å². The molecule has 1 fully saturated rings. The van der Waals surface area contributed by atoms with Gasteiger partial charge in [0.05, 0.1) is 16.8 Å². The molecule has 2 aromatic rings. The Bertz CT molecular complexity index is 620. The van der Waals surface area contributed by atoms with Crippen molar-refractivity contribution in [2.45, 2.75) is 19.8 Å². The van der Waals surface area contributed by atoms with Crippen LogP contribution in [0.2, 0.25) is 0 Å².